The van der Waals surface area contributed by atoms with Gasteiger partial charge in [-0.05, 0) is 17.2 Å². The first-order chi connectivity index (χ1) is 33.8. The molecule has 2 aromatic rings. The molecule has 0 radical (unpaired) electrons. The number of hydrogen-bond donors (Lipinski definition) is 1. The fourth-order valence-electron chi connectivity index (χ4n) is 6.14. The number of benzene rings is 2. The number of aliphatic hydroxyl groups excluding tert-OH is 1. The van der Waals surface area contributed by atoms with Crippen LogP contribution in [0, 0.1) is 0 Å². The molecule has 18 heteroatoms. The van der Waals surface area contributed by atoms with Gasteiger partial charge in [-0.15, -0.1) is 0 Å². The molecule has 0 saturated carbocycles. The van der Waals surface area contributed by atoms with E-state index in [1.165, 1.54) is 0 Å². The lowest BCUT2D eigenvalue weighted by molar-refractivity contribution is -0.0560. The Bertz CT molecular complexity index is 1360. The largest absolute Gasteiger partial charge is 0.496 e. The van der Waals surface area contributed by atoms with E-state index in [-0.39, 0.29) is 18.8 Å². The number of hydrogen-bond acceptors (Lipinski definition) is 18. The van der Waals surface area contributed by atoms with Crippen molar-refractivity contribution in [3.8, 4) is 0 Å². The van der Waals surface area contributed by atoms with E-state index in [0.29, 0.717) is 218 Å². The van der Waals surface area contributed by atoms with Crippen LogP contribution in [0.1, 0.15) is 24.0 Å². The molecule has 0 saturated heterocycles. The minimum Gasteiger partial charge on any atom is -0.496 e. The minimum atomic E-state index is -0.189. The summed E-state index contributed by atoms with van der Waals surface area (Å²) in [6.07, 6.45) is 3.04. The first-order valence-electron chi connectivity index (χ1n) is 24.2. The van der Waals surface area contributed by atoms with E-state index in [1.54, 1.807) is 0 Å². The van der Waals surface area contributed by atoms with E-state index in [0.717, 1.165) is 16.9 Å². The molecule has 390 valence electrons. The second kappa shape index (κ2) is 46.7. The molecule has 2 aromatic carbocycles. The molecule has 2 unspecified atom stereocenters. The van der Waals surface area contributed by atoms with Crippen LogP contribution in [-0.2, 0) is 93.7 Å². The van der Waals surface area contributed by atoms with Crippen molar-refractivity contribution in [1.82, 2.24) is 0 Å². The van der Waals surface area contributed by atoms with Crippen molar-refractivity contribution in [3.63, 3.8) is 0 Å². The Morgan fingerprint density at radius 3 is 1.01 bits per heavy atom. The molecule has 1 aliphatic carbocycles. The fourth-order valence-corrected chi connectivity index (χ4v) is 6.14. The standard InChI is InChI=1S/C50H82O18/c51-11-12-52-13-14-53-15-16-56-25-28-61-35-38-66-48-41-49(67-39-36-62-29-26-57-19-17-54-21-23-59-31-33-64-44-46-7-3-1-4-8-46)43-50(42-48)68-40-37-63-30-27-58-20-18-55-22-24-60-32-34-65-45-47-9-5-2-6-10-47/h1-10,41,49-51H,11-40,42-45H2. The molecule has 0 aliphatic heterocycles. The van der Waals surface area contributed by atoms with Gasteiger partial charge in [0.05, 0.1) is 223 Å². The van der Waals surface area contributed by atoms with Crippen molar-refractivity contribution in [2.45, 2.75) is 38.3 Å². The van der Waals surface area contributed by atoms with Crippen molar-refractivity contribution in [2.24, 2.45) is 0 Å². The highest BCUT2D eigenvalue weighted by Crippen LogP contribution is 2.24. The Morgan fingerprint density at radius 2 is 0.647 bits per heavy atom. The van der Waals surface area contributed by atoms with Gasteiger partial charge in [0.25, 0.3) is 0 Å². The van der Waals surface area contributed by atoms with Gasteiger partial charge in [0.15, 0.2) is 0 Å². The lowest BCUT2D eigenvalue weighted by Crippen LogP contribution is -2.30. The molecule has 0 bridgehead atoms. The molecule has 2 atom stereocenters. The summed E-state index contributed by atoms with van der Waals surface area (Å²) in [6, 6.07) is 20.1. The number of rotatable bonds is 51. The third-order valence-electron chi connectivity index (χ3n) is 9.50. The van der Waals surface area contributed by atoms with E-state index < -0.39 is 0 Å². The average molecular weight is 971 g/mol. The Morgan fingerprint density at radius 1 is 0.338 bits per heavy atom. The third kappa shape index (κ3) is 37.2. The first-order valence-corrected chi connectivity index (χ1v) is 24.2. The summed E-state index contributed by atoms with van der Waals surface area (Å²) >= 11 is 0. The highest BCUT2D eigenvalue weighted by molar-refractivity contribution is 5.14. The maximum atomic E-state index is 8.71. The van der Waals surface area contributed by atoms with Gasteiger partial charge >= 0.3 is 0 Å². The summed E-state index contributed by atoms with van der Waals surface area (Å²) in [5, 5.41) is 8.71. The van der Waals surface area contributed by atoms with Crippen LogP contribution in [0.15, 0.2) is 72.5 Å². The molecule has 18 nitrogen and oxygen atoms in total. The fraction of sp³-hybridized carbons (Fsp3) is 0.720. The van der Waals surface area contributed by atoms with Crippen LogP contribution in [0.2, 0.25) is 0 Å². The number of ether oxygens (including phenoxy) is 17. The molecule has 3 rings (SSSR count). The van der Waals surface area contributed by atoms with Gasteiger partial charge in [0.1, 0.15) is 6.61 Å². The van der Waals surface area contributed by atoms with Gasteiger partial charge in [-0.2, -0.15) is 0 Å². The summed E-state index contributed by atoms with van der Waals surface area (Å²) in [5.74, 6) is 0.804. The zero-order valence-corrected chi connectivity index (χ0v) is 40.4. The Balaban J connectivity index is 1.16. The topological polar surface area (TPSA) is 177 Å². The monoisotopic (exact) mass is 971 g/mol. The normalized spacial score (nSPS) is 15.0. The van der Waals surface area contributed by atoms with Crippen molar-refractivity contribution in [1.29, 1.82) is 0 Å². The SMILES string of the molecule is OCCOCCOCCOCCOCCOC1=CC(OCCOCCOCCOCCOCCOCc2ccccc2)CC(OCCOCCOCCOCCOCCOCc2ccccc2)C1. The van der Waals surface area contributed by atoms with E-state index in [2.05, 4.69) is 0 Å². The summed E-state index contributed by atoms with van der Waals surface area (Å²) in [4.78, 5) is 0. The first kappa shape index (κ1) is 59.6. The van der Waals surface area contributed by atoms with Gasteiger partial charge in [-0.1, -0.05) is 60.7 Å². The van der Waals surface area contributed by atoms with Crippen molar-refractivity contribution >= 4 is 0 Å². The van der Waals surface area contributed by atoms with Crippen molar-refractivity contribution in [3.05, 3.63) is 83.6 Å². The molecule has 0 spiro atoms. The molecule has 0 heterocycles. The zero-order valence-electron chi connectivity index (χ0n) is 40.4. The lowest BCUT2D eigenvalue weighted by atomic mass is 10.00. The van der Waals surface area contributed by atoms with Crippen LogP contribution in [0.3, 0.4) is 0 Å². The molecule has 1 N–H and O–H groups in total. The quantitative estimate of drug-likeness (QED) is 0.0938. The smallest absolute Gasteiger partial charge is 0.111 e. The second-order valence-electron chi connectivity index (χ2n) is 15.0. The molecule has 0 amide bonds. The minimum absolute atomic E-state index is 0.00617. The second-order valence-corrected chi connectivity index (χ2v) is 15.0. The van der Waals surface area contributed by atoms with E-state index in [1.807, 2.05) is 66.7 Å². The molecular formula is C50H82O18. The van der Waals surface area contributed by atoms with E-state index in [9.17, 15) is 0 Å². The van der Waals surface area contributed by atoms with Crippen LogP contribution >= 0.6 is 0 Å². The van der Waals surface area contributed by atoms with Crippen LogP contribution in [0.25, 0.3) is 0 Å². The molecule has 0 fully saturated rings. The van der Waals surface area contributed by atoms with E-state index in [4.69, 9.17) is 85.6 Å². The maximum Gasteiger partial charge on any atom is 0.111 e. The zero-order chi connectivity index (χ0) is 47.7. The molecular weight excluding hydrogens is 889 g/mol. The van der Waals surface area contributed by atoms with Crippen LogP contribution in [-0.4, -0.2) is 216 Å². The van der Waals surface area contributed by atoms with Crippen LogP contribution in [0.5, 0.6) is 0 Å². The van der Waals surface area contributed by atoms with Gasteiger partial charge < -0.3 is 85.6 Å². The van der Waals surface area contributed by atoms with Gasteiger partial charge in [-0.3, -0.25) is 0 Å². The molecule has 68 heavy (non-hydrogen) atoms. The van der Waals surface area contributed by atoms with Gasteiger partial charge in [0, 0.05) is 12.8 Å². The summed E-state index contributed by atoms with van der Waals surface area (Å²) in [6.45, 7) is 14.7. The third-order valence-corrected chi connectivity index (χ3v) is 9.50. The highest BCUT2D eigenvalue weighted by atomic mass is 16.6. The highest BCUT2D eigenvalue weighted by Gasteiger charge is 2.25. The average Bonchev–Trinajstić information content (AvgIpc) is 3.36. The Hall–Kier alpha value is -2.70. The van der Waals surface area contributed by atoms with Gasteiger partial charge in [-0.25, -0.2) is 0 Å². The lowest BCUT2D eigenvalue weighted by Gasteiger charge is -2.28. The summed E-state index contributed by atoms with van der Waals surface area (Å²) in [7, 11) is 0. The van der Waals surface area contributed by atoms with Crippen LogP contribution in [0.4, 0.5) is 0 Å². The van der Waals surface area contributed by atoms with Crippen molar-refractivity contribution < 1.29 is 85.6 Å². The maximum absolute atomic E-state index is 8.71. The van der Waals surface area contributed by atoms with E-state index >= 15 is 0 Å². The predicted octanol–water partition coefficient (Wildman–Crippen LogP) is 4.08. The number of aliphatic hydroxyl groups is 1. The Labute approximate surface area is 404 Å². The molecule has 1 aliphatic rings. The predicted molar refractivity (Wildman–Crippen MR) is 252 cm³/mol. The Kier molecular flexibility index (Phi) is 40.9. The molecule has 0 aromatic heterocycles. The summed E-state index contributed by atoms with van der Waals surface area (Å²) < 4.78 is 96.5. The van der Waals surface area contributed by atoms with Crippen molar-refractivity contribution in [2.75, 3.05) is 198 Å². The van der Waals surface area contributed by atoms with Gasteiger partial charge in [0.2, 0.25) is 0 Å². The summed E-state index contributed by atoms with van der Waals surface area (Å²) in [5.41, 5.74) is 2.29. The van der Waals surface area contributed by atoms with Crippen LogP contribution < -0.4 is 0 Å².